The number of halogens is 2. The Morgan fingerprint density at radius 1 is 1.35 bits per heavy atom. The van der Waals surface area contributed by atoms with Gasteiger partial charge >= 0.3 is 0 Å². The minimum Gasteiger partial charge on any atom is -0.383 e. The van der Waals surface area contributed by atoms with Crippen LogP contribution in [0.25, 0.3) is 0 Å². The zero-order valence-electron chi connectivity index (χ0n) is 11.7. The van der Waals surface area contributed by atoms with Crippen LogP contribution in [0.5, 0.6) is 0 Å². The fourth-order valence-corrected chi connectivity index (χ4v) is 2.41. The summed E-state index contributed by atoms with van der Waals surface area (Å²) < 4.78 is 37.1. The highest BCUT2D eigenvalue weighted by atomic mass is 19.2. The van der Waals surface area contributed by atoms with Crippen LogP contribution in [0.4, 0.5) is 8.78 Å². The first-order valence-electron chi connectivity index (χ1n) is 6.99. The minimum absolute atomic E-state index is 0.166. The number of hydrogen-bond acceptors (Lipinski definition) is 3. The number of hydrogen-bond donors (Lipinski definition) is 1. The molecule has 3 nitrogen and oxygen atoms in total. The van der Waals surface area contributed by atoms with E-state index in [0.29, 0.717) is 18.7 Å². The van der Waals surface area contributed by atoms with Crippen molar-refractivity contribution in [3.63, 3.8) is 0 Å². The molecule has 1 aliphatic heterocycles. The van der Waals surface area contributed by atoms with Crippen molar-refractivity contribution >= 4 is 0 Å². The van der Waals surface area contributed by atoms with Gasteiger partial charge in [-0.2, -0.15) is 0 Å². The molecule has 1 heterocycles. The number of rotatable bonds is 6. The summed E-state index contributed by atoms with van der Waals surface area (Å²) in [4.78, 5) is 0. The molecule has 0 unspecified atom stereocenters. The Morgan fingerprint density at radius 2 is 2.20 bits per heavy atom. The quantitative estimate of drug-likeness (QED) is 0.872. The lowest BCUT2D eigenvalue weighted by Crippen LogP contribution is -2.35. The largest absolute Gasteiger partial charge is 0.383 e. The topological polar surface area (TPSA) is 30.5 Å². The zero-order chi connectivity index (χ0) is 14.4. The summed E-state index contributed by atoms with van der Waals surface area (Å²) >= 11 is 0. The minimum atomic E-state index is -0.834. The molecule has 1 aliphatic rings. The standard InChI is InChI=1S/C15H21F2NO2/c1-19-10-15(11-5-6-13(16)14(17)8-11)18-9-12-4-2-3-7-20-12/h5-6,8,12,15,18H,2-4,7,9-10H2,1H3/t12-,15+/m0/s1. The van der Waals surface area contributed by atoms with E-state index in [9.17, 15) is 8.78 Å². The lowest BCUT2D eigenvalue weighted by atomic mass is 10.1. The fourth-order valence-electron chi connectivity index (χ4n) is 2.41. The second-order valence-electron chi connectivity index (χ2n) is 5.08. The molecule has 5 heteroatoms. The third-order valence-electron chi connectivity index (χ3n) is 3.55. The van der Waals surface area contributed by atoms with Crippen LogP contribution in [0.1, 0.15) is 30.9 Å². The van der Waals surface area contributed by atoms with Gasteiger partial charge in [0, 0.05) is 20.3 Å². The summed E-state index contributed by atoms with van der Waals surface area (Å²) in [7, 11) is 1.59. The molecule has 112 valence electrons. The van der Waals surface area contributed by atoms with Gasteiger partial charge in [0.25, 0.3) is 0 Å². The molecule has 0 radical (unpaired) electrons. The van der Waals surface area contributed by atoms with Gasteiger partial charge in [0.15, 0.2) is 11.6 Å². The van der Waals surface area contributed by atoms with Crippen LogP contribution in [0.2, 0.25) is 0 Å². The van der Waals surface area contributed by atoms with E-state index in [4.69, 9.17) is 9.47 Å². The van der Waals surface area contributed by atoms with Gasteiger partial charge in [-0.3, -0.25) is 0 Å². The van der Waals surface area contributed by atoms with Crippen molar-refractivity contribution in [2.24, 2.45) is 0 Å². The van der Waals surface area contributed by atoms with Crippen molar-refractivity contribution in [2.45, 2.75) is 31.4 Å². The predicted molar refractivity (Wildman–Crippen MR) is 72.6 cm³/mol. The second-order valence-corrected chi connectivity index (χ2v) is 5.08. The van der Waals surface area contributed by atoms with E-state index < -0.39 is 11.6 Å². The van der Waals surface area contributed by atoms with Crippen molar-refractivity contribution in [3.8, 4) is 0 Å². The van der Waals surface area contributed by atoms with Gasteiger partial charge in [0.05, 0.1) is 18.8 Å². The predicted octanol–water partition coefficient (Wildman–Crippen LogP) is 2.81. The first-order chi connectivity index (χ1) is 9.70. The van der Waals surface area contributed by atoms with Gasteiger partial charge in [-0.25, -0.2) is 8.78 Å². The summed E-state index contributed by atoms with van der Waals surface area (Å²) in [5, 5.41) is 3.31. The van der Waals surface area contributed by atoms with Gasteiger partial charge in [0.1, 0.15) is 0 Å². The Kier molecular flexibility index (Phi) is 5.88. The normalized spacial score (nSPS) is 20.9. The average Bonchev–Trinajstić information content (AvgIpc) is 2.47. The van der Waals surface area contributed by atoms with E-state index >= 15 is 0 Å². The smallest absolute Gasteiger partial charge is 0.159 e. The Bertz CT molecular complexity index is 422. The Balaban J connectivity index is 1.96. The van der Waals surface area contributed by atoms with Crippen LogP contribution in [-0.4, -0.2) is 33.0 Å². The SMILES string of the molecule is COC[C@@H](NC[C@@H]1CCCCO1)c1ccc(F)c(F)c1. The number of nitrogens with one attached hydrogen (secondary N) is 1. The van der Waals surface area contributed by atoms with E-state index in [1.165, 1.54) is 12.5 Å². The van der Waals surface area contributed by atoms with Gasteiger partial charge in [-0.15, -0.1) is 0 Å². The molecule has 20 heavy (non-hydrogen) atoms. The van der Waals surface area contributed by atoms with E-state index in [1.54, 1.807) is 13.2 Å². The molecule has 1 saturated heterocycles. The molecule has 2 rings (SSSR count). The molecule has 0 spiro atoms. The summed E-state index contributed by atoms with van der Waals surface area (Å²) in [5.41, 5.74) is 0.682. The van der Waals surface area contributed by atoms with E-state index in [1.807, 2.05) is 0 Å². The summed E-state index contributed by atoms with van der Waals surface area (Å²) in [5.74, 6) is -1.67. The summed E-state index contributed by atoms with van der Waals surface area (Å²) in [6, 6.07) is 3.78. The Labute approximate surface area is 118 Å². The van der Waals surface area contributed by atoms with Crippen LogP contribution >= 0.6 is 0 Å². The summed E-state index contributed by atoms with van der Waals surface area (Å²) in [6.07, 6.45) is 3.51. The van der Waals surface area contributed by atoms with Crippen LogP contribution < -0.4 is 5.32 Å². The van der Waals surface area contributed by atoms with Crippen molar-refractivity contribution < 1.29 is 18.3 Å². The molecule has 1 aromatic rings. The molecular formula is C15H21F2NO2. The second kappa shape index (κ2) is 7.67. The third-order valence-corrected chi connectivity index (χ3v) is 3.55. The first kappa shape index (κ1) is 15.4. The third kappa shape index (κ3) is 4.23. The molecule has 1 aromatic carbocycles. The molecule has 0 amide bonds. The molecule has 1 N–H and O–H groups in total. The van der Waals surface area contributed by atoms with E-state index in [-0.39, 0.29) is 12.1 Å². The van der Waals surface area contributed by atoms with Crippen molar-refractivity contribution in [1.82, 2.24) is 5.32 Å². The molecule has 1 fully saturated rings. The highest BCUT2D eigenvalue weighted by molar-refractivity contribution is 5.21. The van der Waals surface area contributed by atoms with Gasteiger partial charge in [0.2, 0.25) is 0 Å². The highest BCUT2D eigenvalue weighted by Gasteiger charge is 2.18. The maximum atomic E-state index is 13.3. The molecule has 0 saturated carbocycles. The first-order valence-corrected chi connectivity index (χ1v) is 6.99. The monoisotopic (exact) mass is 285 g/mol. The Morgan fingerprint density at radius 3 is 2.85 bits per heavy atom. The lowest BCUT2D eigenvalue weighted by molar-refractivity contribution is 0.0134. The van der Waals surface area contributed by atoms with E-state index in [2.05, 4.69) is 5.32 Å². The van der Waals surface area contributed by atoms with Gasteiger partial charge < -0.3 is 14.8 Å². The number of benzene rings is 1. The molecule has 0 aliphatic carbocycles. The number of methoxy groups -OCH3 is 1. The molecule has 2 atom stereocenters. The Hall–Kier alpha value is -1.04. The van der Waals surface area contributed by atoms with Crippen LogP contribution in [-0.2, 0) is 9.47 Å². The maximum Gasteiger partial charge on any atom is 0.159 e. The summed E-state index contributed by atoms with van der Waals surface area (Å²) in [6.45, 7) is 1.89. The number of ether oxygens (including phenoxy) is 2. The maximum absolute atomic E-state index is 13.3. The van der Waals surface area contributed by atoms with Crippen molar-refractivity contribution in [2.75, 3.05) is 26.9 Å². The molecule has 0 bridgehead atoms. The van der Waals surface area contributed by atoms with Crippen LogP contribution in [0.15, 0.2) is 18.2 Å². The van der Waals surface area contributed by atoms with Crippen molar-refractivity contribution in [1.29, 1.82) is 0 Å². The molecule has 0 aromatic heterocycles. The van der Waals surface area contributed by atoms with Gasteiger partial charge in [-0.05, 0) is 37.0 Å². The highest BCUT2D eigenvalue weighted by Crippen LogP contribution is 2.18. The van der Waals surface area contributed by atoms with Crippen molar-refractivity contribution in [3.05, 3.63) is 35.4 Å². The molecular weight excluding hydrogens is 264 g/mol. The fraction of sp³-hybridized carbons (Fsp3) is 0.600. The lowest BCUT2D eigenvalue weighted by Gasteiger charge is -2.26. The van der Waals surface area contributed by atoms with E-state index in [0.717, 1.165) is 25.5 Å². The van der Waals surface area contributed by atoms with Crippen LogP contribution in [0.3, 0.4) is 0 Å². The zero-order valence-corrected chi connectivity index (χ0v) is 11.7. The van der Waals surface area contributed by atoms with Crippen LogP contribution in [0, 0.1) is 11.6 Å². The average molecular weight is 285 g/mol. The van der Waals surface area contributed by atoms with Gasteiger partial charge in [-0.1, -0.05) is 6.07 Å².